The van der Waals surface area contributed by atoms with E-state index in [1.807, 2.05) is 0 Å². The molecule has 0 saturated carbocycles. The molecule has 2 aromatic carbocycles. The molecule has 31 heavy (non-hydrogen) atoms. The molecule has 0 aliphatic heterocycles. The summed E-state index contributed by atoms with van der Waals surface area (Å²) in [5, 5.41) is 14.5. The first kappa shape index (κ1) is 23.4. The van der Waals surface area contributed by atoms with Gasteiger partial charge in [-0.3, -0.25) is 9.59 Å². The van der Waals surface area contributed by atoms with Crippen molar-refractivity contribution >= 4 is 23.5 Å². The van der Waals surface area contributed by atoms with Gasteiger partial charge in [0.2, 0.25) is 0 Å². The van der Waals surface area contributed by atoms with Gasteiger partial charge >= 0.3 is 5.97 Å². The number of nitriles is 1. The molecule has 0 fully saturated rings. The molecule has 0 unspecified atom stereocenters. The standard InChI is InChI=1S/C23H25N3O5/c1-15(2)23(3,14-24)26-20(27)13-31-22(29)18-7-5-6-8-19(18)25-21(28)16-9-11-17(30-4)12-10-16/h5-12,15H,13H2,1-4H3,(H,25,28)(H,26,27)/t23-/m0/s1. The second kappa shape index (κ2) is 10.3. The van der Waals surface area contributed by atoms with Crippen LogP contribution in [0.4, 0.5) is 5.69 Å². The molecule has 0 radical (unpaired) electrons. The van der Waals surface area contributed by atoms with Crippen molar-refractivity contribution < 1.29 is 23.9 Å². The number of ether oxygens (including phenoxy) is 2. The minimum atomic E-state index is -1.08. The van der Waals surface area contributed by atoms with Crippen molar-refractivity contribution in [2.45, 2.75) is 26.3 Å². The van der Waals surface area contributed by atoms with Crippen molar-refractivity contribution in [3.63, 3.8) is 0 Å². The zero-order chi connectivity index (χ0) is 23.0. The normalized spacial score (nSPS) is 12.3. The largest absolute Gasteiger partial charge is 0.497 e. The van der Waals surface area contributed by atoms with Gasteiger partial charge in [0.1, 0.15) is 11.3 Å². The number of nitrogens with zero attached hydrogens (tertiary/aromatic N) is 1. The Morgan fingerprint density at radius 1 is 1.10 bits per heavy atom. The molecule has 0 spiro atoms. The van der Waals surface area contributed by atoms with Crippen LogP contribution in [-0.2, 0) is 9.53 Å². The predicted molar refractivity (Wildman–Crippen MR) is 115 cm³/mol. The lowest BCUT2D eigenvalue weighted by molar-refractivity contribution is -0.125. The number of carbonyl (C=O) groups is 3. The second-order valence-corrected chi connectivity index (χ2v) is 7.32. The molecule has 0 aliphatic rings. The number of amides is 2. The Balaban J connectivity index is 2.05. The molecular weight excluding hydrogens is 398 g/mol. The van der Waals surface area contributed by atoms with Gasteiger partial charge in [0, 0.05) is 5.56 Å². The zero-order valence-corrected chi connectivity index (χ0v) is 17.9. The van der Waals surface area contributed by atoms with E-state index in [0.29, 0.717) is 11.3 Å². The maximum Gasteiger partial charge on any atom is 0.340 e. The Morgan fingerprint density at radius 2 is 1.74 bits per heavy atom. The highest BCUT2D eigenvalue weighted by Gasteiger charge is 2.30. The number of hydrogen-bond acceptors (Lipinski definition) is 6. The number of benzene rings is 2. The first-order chi connectivity index (χ1) is 14.7. The maximum atomic E-state index is 12.5. The molecule has 8 heteroatoms. The van der Waals surface area contributed by atoms with Crippen LogP contribution in [0.15, 0.2) is 48.5 Å². The van der Waals surface area contributed by atoms with Crippen molar-refractivity contribution in [1.82, 2.24) is 5.32 Å². The van der Waals surface area contributed by atoms with Gasteiger partial charge in [-0.15, -0.1) is 0 Å². The van der Waals surface area contributed by atoms with E-state index in [1.54, 1.807) is 63.2 Å². The fraction of sp³-hybridized carbons (Fsp3) is 0.304. The second-order valence-electron chi connectivity index (χ2n) is 7.32. The van der Waals surface area contributed by atoms with E-state index in [1.165, 1.54) is 13.2 Å². The van der Waals surface area contributed by atoms with Gasteiger partial charge in [0.15, 0.2) is 6.61 Å². The molecular formula is C23H25N3O5. The number of nitrogens with one attached hydrogen (secondary N) is 2. The van der Waals surface area contributed by atoms with E-state index >= 15 is 0 Å². The highest BCUT2D eigenvalue weighted by molar-refractivity contribution is 6.08. The molecule has 1 atom stereocenters. The molecule has 2 rings (SSSR count). The third kappa shape index (κ3) is 6.06. The predicted octanol–water partition coefficient (Wildman–Crippen LogP) is 3.16. The van der Waals surface area contributed by atoms with Gasteiger partial charge < -0.3 is 20.1 Å². The van der Waals surface area contributed by atoms with E-state index in [9.17, 15) is 19.6 Å². The summed E-state index contributed by atoms with van der Waals surface area (Å²) in [6.07, 6.45) is 0. The Labute approximate surface area is 181 Å². The topological polar surface area (TPSA) is 118 Å². The third-order valence-electron chi connectivity index (χ3n) is 4.87. The highest BCUT2D eigenvalue weighted by atomic mass is 16.5. The Kier molecular flexibility index (Phi) is 7.75. The van der Waals surface area contributed by atoms with Crippen molar-refractivity contribution in [3.8, 4) is 11.8 Å². The van der Waals surface area contributed by atoms with E-state index in [4.69, 9.17) is 9.47 Å². The summed E-state index contributed by atoms with van der Waals surface area (Å²) in [5.41, 5.74) is -0.344. The van der Waals surface area contributed by atoms with Crippen LogP contribution in [0.5, 0.6) is 5.75 Å². The minimum Gasteiger partial charge on any atom is -0.497 e. The first-order valence-electron chi connectivity index (χ1n) is 9.64. The van der Waals surface area contributed by atoms with E-state index in [-0.39, 0.29) is 17.2 Å². The summed E-state index contributed by atoms with van der Waals surface area (Å²) in [6, 6.07) is 14.9. The van der Waals surface area contributed by atoms with Crippen LogP contribution in [0, 0.1) is 17.2 Å². The highest BCUT2D eigenvalue weighted by Crippen LogP contribution is 2.19. The number of esters is 1. The number of methoxy groups -OCH3 is 1. The van der Waals surface area contributed by atoms with Gasteiger partial charge in [-0.05, 0) is 49.2 Å². The van der Waals surface area contributed by atoms with Crippen LogP contribution >= 0.6 is 0 Å². The van der Waals surface area contributed by atoms with E-state index < -0.39 is 29.9 Å². The SMILES string of the molecule is COc1ccc(C(=O)Nc2ccccc2C(=O)OCC(=O)N[C@@](C)(C#N)C(C)C)cc1. The summed E-state index contributed by atoms with van der Waals surface area (Å²) in [6.45, 7) is 4.65. The van der Waals surface area contributed by atoms with Gasteiger partial charge in [0.25, 0.3) is 11.8 Å². The Morgan fingerprint density at radius 3 is 2.32 bits per heavy atom. The molecule has 0 saturated heterocycles. The molecule has 2 N–H and O–H groups in total. The lowest BCUT2D eigenvalue weighted by Gasteiger charge is -2.27. The number of anilines is 1. The maximum absolute atomic E-state index is 12.5. The number of rotatable bonds is 8. The first-order valence-corrected chi connectivity index (χ1v) is 9.64. The molecule has 8 nitrogen and oxygen atoms in total. The summed E-state index contributed by atoms with van der Waals surface area (Å²) in [4.78, 5) is 37.2. The molecule has 0 heterocycles. The molecule has 0 aliphatic carbocycles. The summed E-state index contributed by atoms with van der Waals surface area (Å²) in [5.74, 6) is -1.30. The van der Waals surface area contributed by atoms with Crippen LogP contribution < -0.4 is 15.4 Å². The summed E-state index contributed by atoms with van der Waals surface area (Å²) in [7, 11) is 1.53. The van der Waals surface area contributed by atoms with Crippen LogP contribution in [0.25, 0.3) is 0 Å². The molecule has 0 bridgehead atoms. The van der Waals surface area contributed by atoms with Gasteiger partial charge in [-0.1, -0.05) is 26.0 Å². The average molecular weight is 423 g/mol. The Hall–Kier alpha value is -3.86. The smallest absolute Gasteiger partial charge is 0.340 e. The van der Waals surface area contributed by atoms with Crippen LogP contribution in [0.3, 0.4) is 0 Å². The van der Waals surface area contributed by atoms with Gasteiger partial charge in [-0.25, -0.2) is 4.79 Å². The summed E-state index contributed by atoms with van der Waals surface area (Å²) < 4.78 is 10.2. The lowest BCUT2D eigenvalue weighted by Crippen LogP contribution is -2.50. The average Bonchev–Trinajstić information content (AvgIpc) is 2.77. The third-order valence-corrected chi connectivity index (χ3v) is 4.87. The minimum absolute atomic E-state index is 0.101. The summed E-state index contributed by atoms with van der Waals surface area (Å²) >= 11 is 0. The zero-order valence-electron chi connectivity index (χ0n) is 17.9. The van der Waals surface area contributed by atoms with Gasteiger partial charge in [-0.2, -0.15) is 5.26 Å². The van der Waals surface area contributed by atoms with E-state index in [2.05, 4.69) is 16.7 Å². The molecule has 162 valence electrons. The van der Waals surface area contributed by atoms with Crippen molar-refractivity contribution in [2.24, 2.45) is 5.92 Å². The van der Waals surface area contributed by atoms with Crippen LogP contribution in [-0.4, -0.2) is 37.0 Å². The van der Waals surface area contributed by atoms with Crippen molar-refractivity contribution in [1.29, 1.82) is 5.26 Å². The molecule has 2 amide bonds. The molecule has 2 aromatic rings. The van der Waals surface area contributed by atoms with E-state index in [0.717, 1.165) is 0 Å². The quantitative estimate of drug-likeness (QED) is 0.630. The number of hydrogen-bond donors (Lipinski definition) is 2. The van der Waals surface area contributed by atoms with Crippen molar-refractivity contribution in [2.75, 3.05) is 19.0 Å². The van der Waals surface area contributed by atoms with Crippen molar-refractivity contribution in [3.05, 3.63) is 59.7 Å². The van der Waals surface area contributed by atoms with Gasteiger partial charge in [0.05, 0.1) is 24.4 Å². The number of para-hydroxylation sites is 1. The van der Waals surface area contributed by atoms with Crippen LogP contribution in [0.2, 0.25) is 0 Å². The molecule has 0 aromatic heterocycles. The lowest BCUT2D eigenvalue weighted by atomic mass is 9.90. The monoisotopic (exact) mass is 423 g/mol. The fourth-order valence-electron chi connectivity index (χ4n) is 2.54. The number of carbonyl (C=O) groups excluding carboxylic acids is 3. The van der Waals surface area contributed by atoms with Crippen LogP contribution in [0.1, 0.15) is 41.5 Å². The fourth-order valence-corrected chi connectivity index (χ4v) is 2.54. The Bertz CT molecular complexity index is 995.